The smallest absolute Gasteiger partial charge is 0.253 e. The molecule has 0 aromatic heterocycles. The topological polar surface area (TPSA) is 81.8 Å². The number of benzene rings is 2. The van der Waals surface area contributed by atoms with Crippen LogP contribution in [0, 0.1) is 0 Å². The van der Waals surface area contributed by atoms with E-state index in [0.29, 0.717) is 35.6 Å². The summed E-state index contributed by atoms with van der Waals surface area (Å²) in [6.45, 7) is 5.55. The first-order chi connectivity index (χ1) is 14.8. The van der Waals surface area contributed by atoms with Gasteiger partial charge < -0.3 is 20.4 Å². The van der Waals surface area contributed by atoms with E-state index >= 15 is 0 Å². The van der Waals surface area contributed by atoms with Gasteiger partial charge >= 0.3 is 0 Å². The summed E-state index contributed by atoms with van der Waals surface area (Å²) in [5.41, 5.74) is 2.36. The maximum Gasteiger partial charge on any atom is 0.253 e. The summed E-state index contributed by atoms with van der Waals surface area (Å²) in [7, 11) is 3.39. The molecule has 31 heavy (non-hydrogen) atoms. The molecule has 0 aliphatic heterocycles. The molecule has 0 radical (unpaired) electrons. The molecule has 0 spiro atoms. The highest BCUT2D eigenvalue weighted by atomic mass is 16.2. The van der Waals surface area contributed by atoms with Crippen LogP contribution in [0.3, 0.4) is 0 Å². The van der Waals surface area contributed by atoms with Gasteiger partial charge in [-0.2, -0.15) is 0 Å². The largest absolute Gasteiger partial charge is 0.376 e. The fourth-order valence-corrected chi connectivity index (χ4v) is 3.18. The minimum atomic E-state index is -0.243. The predicted octanol–water partition coefficient (Wildman–Crippen LogP) is 3.70. The molecule has 0 fully saturated rings. The second-order valence-electron chi connectivity index (χ2n) is 7.56. The average Bonchev–Trinajstić information content (AvgIpc) is 2.77. The summed E-state index contributed by atoms with van der Waals surface area (Å²) < 4.78 is 0. The first-order valence-corrected chi connectivity index (χ1v) is 10.6. The molecule has 7 nitrogen and oxygen atoms in total. The van der Waals surface area contributed by atoms with Gasteiger partial charge in [0.2, 0.25) is 5.91 Å². The Morgan fingerprint density at radius 2 is 1.35 bits per heavy atom. The first kappa shape index (κ1) is 23.9. The molecule has 2 rings (SSSR count). The van der Waals surface area contributed by atoms with Gasteiger partial charge in [-0.1, -0.05) is 26.0 Å². The fourth-order valence-electron chi connectivity index (χ4n) is 3.18. The molecule has 0 atom stereocenters. The summed E-state index contributed by atoms with van der Waals surface area (Å²) in [5.74, 6) is -0.372. The summed E-state index contributed by atoms with van der Waals surface area (Å²) in [6, 6.07) is 14.0. The number of rotatable bonds is 10. The van der Waals surface area contributed by atoms with Crippen LogP contribution in [-0.4, -0.2) is 61.3 Å². The van der Waals surface area contributed by atoms with Crippen molar-refractivity contribution in [2.45, 2.75) is 26.7 Å². The third kappa shape index (κ3) is 7.13. The van der Waals surface area contributed by atoms with Crippen LogP contribution in [-0.2, 0) is 4.79 Å². The summed E-state index contributed by atoms with van der Waals surface area (Å²) in [5, 5.41) is 5.85. The Kier molecular flexibility index (Phi) is 9.06. The van der Waals surface area contributed by atoms with E-state index in [9.17, 15) is 14.4 Å². The van der Waals surface area contributed by atoms with Crippen molar-refractivity contribution in [2.75, 3.05) is 44.4 Å². The molecule has 0 aliphatic rings. The van der Waals surface area contributed by atoms with Crippen LogP contribution < -0.4 is 10.6 Å². The lowest BCUT2D eigenvalue weighted by Gasteiger charge is -2.21. The Bertz CT molecular complexity index is 905. The molecule has 2 aromatic carbocycles. The van der Waals surface area contributed by atoms with Gasteiger partial charge in [0.25, 0.3) is 11.8 Å². The summed E-state index contributed by atoms with van der Waals surface area (Å²) >= 11 is 0. The Hall–Kier alpha value is -3.35. The van der Waals surface area contributed by atoms with Gasteiger partial charge in [0.05, 0.1) is 6.54 Å². The second-order valence-corrected chi connectivity index (χ2v) is 7.56. The zero-order chi connectivity index (χ0) is 22.8. The normalized spacial score (nSPS) is 10.3. The van der Waals surface area contributed by atoms with Crippen molar-refractivity contribution in [1.82, 2.24) is 9.80 Å². The number of hydrogen-bond acceptors (Lipinski definition) is 4. The Morgan fingerprint density at radius 3 is 1.94 bits per heavy atom. The van der Waals surface area contributed by atoms with E-state index in [-0.39, 0.29) is 24.3 Å². The van der Waals surface area contributed by atoms with Crippen LogP contribution in [0.1, 0.15) is 47.4 Å². The number of nitrogens with zero attached hydrogens (tertiary/aromatic N) is 2. The van der Waals surface area contributed by atoms with Crippen molar-refractivity contribution in [3.05, 3.63) is 59.7 Å². The monoisotopic (exact) mass is 424 g/mol. The lowest BCUT2D eigenvalue weighted by molar-refractivity contribution is -0.114. The minimum absolute atomic E-state index is 0.0275. The van der Waals surface area contributed by atoms with E-state index in [1.807, 2.05) is 18.7 Å². The van der Waals surface area contributed by atoms with Gasteiger partial charge in [-0.05, 0) is 49.2 Å². The maximum atomic E-state index is 12.8. The number of hydrogen-bond donors (Lipinski definition) is 2. The van der Waals surface area contributed by atoms with E-state index < -0.39 is 0 Å². The average molecular weight is 425 g/mol. The maximum absolute atomic E-state index is 12.8. The Morgan fingerprint density at radius 1 is 0.806 bits per heavy atom. The summed E-state index contributed by atoms with van der Waals surface area (Å²) in [6.07, 6.45) is 1.80. The Labute approximate surface area is 184 Å². The highest BCUT2D eigenvalue weighted by molar-refractivity contribution is 5.98. The molecule has 166 valence electrons. The third-order valence-corrected chi connectivity index (χ3v) is 4.64. The van der Waals surface area contributed by atoms with Crippen molar-refractivity contribution < 1.29 is 14.4 Å². The number of amides is 3. The van der Waals surface area contributed by atoms with Gasteiger partial charge in [0, 0.05) is 49.7 Å². The number of anilines is 2. The predicted molar refractivity (Wildman–Crippen MR) is 125 cm³/mol. The molecule has 0 saturated heterocycles. The zero-order valence-corrected chi connectivity index (χ0v) is 18.8. The van der Waals surface area contributed by atoms with E-state index in [2.05, 4.69) is 10.6 Å². The molecule has 0 bridgehead atoms. The van der Waals surface area contributed by atoms with Gasteiger partial charge in [-0.25, -0.2) is 0 Å². The molecule has 0 saturated carbocycles. The van der Waals surface area contributed by atoms with Crippen molar-refractivity contribution in [2.24, 2.45) is 0 Å². The molecule has 0 unspecified atom stereocenters. The van der Waals surface area contributed by atoms with Gasteiger partial charge in [-0.15, -0.1) is 0 Å². The zero-order valence-electron chi connectivity index (χ0n) is 18.8. The molecule has 2 aromatic rings. The van der Waals surface area contributed by atoms with Crippen molar-refractivity contribution in [1.29, 1.82) is 0 Å². The van der Waals surface area contributed by atoms with Crippen molar-refractivity contribution in [3.63, 3.8) is 0 Å². The number of nitrogens with one attached hydrogen (secondary N) is 2. The third-order valence-electron chi connectivity index (χ3n) is 4.64. The molecule has 0 aliphatic carbocycles. The van der Waals surface area contributed by atoms with Crippen LogP contribution in [0.25, 0.3) is 0 Å². The molecular formula is C24H32N4O3. The van der Waals surface area contributed by atoms with E-state index in [1.54, 1.807) is 62.6 Å². The van der Waals surface area contributed by atoms with Crippen molar-refractivity contribution >= 4 is 29.1 Å². The van der Waals surface area contributed by atoms with Gasteiger partial charge in [0.1, 0.15) is 0 Å². The SMILES string of the molecule is CCCN(CCC)C(=O)c1cccc(NC(=O)CNc2cccc(C(=O)N(C)C)c2)c1. The minimum Gasteiger partial charge on any atom is -0.376 e. The standard InChI is InChI=1S/C24H32N4O3/c1-5-13-28(14-6-2)24(31)19-10-8-12-21(16-19)26-22(29)17-25-20-11-7-9-18(15-20)23(30)27(3)4/h7-12,15-16,25H,5-6,13-14,17H2,1-4H3,(H,26,29). The number of carbonyl (C=O) groups excluding carboxylic acids is 3. The van der Waals surface area contributed by atoms with Crippen LogP contribution in [0.5, 0.6) is 0 Å². The van der Waals surface area contributed by atoms with Crippen LogP contribution in [0.2, 0.25) is 0 Å². The fraction of sp³-hybridized carbons (Fsp3) is 0.375. The number of carbonyl (C=O) groups is 3. The summed E-state index contributed by atoms with van der Waals surface area (Å²) in [4.78, 5) is 40.6. The van der Waals surface area contributed by atoms with Gasteiger partial charge in [0.15, 0.2) is 0 Å². The van der Waals surface area contributed by atoms with Crippen LogP contribution in [0.4, 0.5) is 11.4 Å². The second kappa shape index (κ2) is 11.7. The lowest BCUT2D eigenvalue weighted by atomic mass is 10.1. The van der Waals surface area contributed by atoms with Crippen molar-refractivity contribution in [3.8, 4) is 0 Å². The highest BCUT2D eigenvalue weighted by Gasteiger charge is 2.15. The van der Waals surface area contributed by atoms with E-state index in [4.69, 9.17) is 0 Å². The van der Waals surface area contributed by atoms with Gasteiger partial charge in [-0.3, -0.25) is 14.4 Å². The molecule has 0 heterocycles. The quantitative estimate of drug-likeness (QED) is 0.609. The van der Waals surface area contributed by atoms with E-state index in [1.165, 1.54) is 4.90 Å². The lowest BCUT2D eigenvalue weighted by Crippen LogP contribution is -2.32. The highest BCUT2D eigenvalue weighted by Crippen LogP contribution is 2.15. The first-order valence-electron chi connectivity index (χ1n) is 10.6. The van der Waals surface area contributed by atoms with Crippen LogP contribution >= 0.6 is 0 Å². The molecular weight excluding hydrogens is 392 g/mol. The van der Waals surface area contributed by atoms with E-state index in [0.717, 1.165) is 12.8 Å². The molecule has 2 N–H and O–H groups in total. The molecule has 7 heteroatoms. The Balaban J connectivity index is 1.99. The van der Waals surface area contributed by atoms with Crippen LogP contribution in [0.15, 0.2) is 48.5 Å². The molecule has 3 amide bonds.